The van der Waals surface area contributed by atoms with E-state index < -0.39 is 0 Å². The molecular weight excluding hydrogens is 204 g/mol. The largest absolute Gasteiger partial charge is 0.316 e. The van der Waals surface area contributed by atoms with Crippen molar-refractivity contribution in [1.82, 2.24) is 10.3 Å². The summed E-state index contributed by atoms with van der Waals surface area (Å²) in [6.45, 7) is 2.41. The molecule has 1 aromatic rings. The van der Waals surface area contributed by atoms with Crippen LogP contribution >= 0.6 is 11.8 Å². The van der Waals surface area contributed by atoms with Crippen LogP contribution in [0.2, 0.25) is 0 Å². The monoisotopic (exact) mass is 222 g/mol. The van der Waals surface area contributed by atoms with E-state index in [1.807, 2.05) is 24.0 Å². The third-order valence-corrected chi connectivity index (χ3v) is 3.94. The average molecular weight is 222 g/mol. The molecule has 1 saturated heterocycles. The number of aromatic nitrogens is 1. The second-order valence-corrected chi connectivity index (χ2v) is 5.08. The van der Waals surface area contributed by atoms with Gasteiger partial charge in [0.1, 0.15) is 0 Å². The lowest BCUT2D eigenvalue weighted by Crippen LogP contribution is -2.30. The number of nitrogens with one attached hydrogen (secondary N) is 1. The van der Waals surface area contributed by atoms with Crippen LogP contribution in [0.3, 0.4) is 0 Å². The fourth-order valence-electron chi connectivity index (χ4n) is 1.88. The molecule has 1 atom stereocenters. The molecule has 0 aromatic carbocycles. The van der Waals surface area contributed by atoms with Crippen molar-refractivity contribution >= 4 is 11.8 Å². The maximum Gasteiger partial charge on any atom is 0.0502 e. The molecule has 1 unspecified atom stereocenters. The Morgan fingerprint density at radius 3 is 3.20 bits per heavy atom. The highest BCUT2D eigenvalue weighted by Crippen LogP contribution is 2.18. The van der Waals surface area contributed by atoms with Gasteiger partial charge in [0.05, 0.1) is 5.69 Å². The maximum absolute atomic E-state index is 4.32. The fraction of sp³-hybridized carbons (Fsp3) is 0.583. The van der Waals surface area contributed by atoms with Gasteiger partial charge >= 0.3 is 0 Å². The maximum atomic E-state index is 4.32. The predicted octanol–water partition coefficient (Wildman–Crippen LogP) is 2.31. The summed E-state index contributed by atoms with van der Waals surface area (Å²) in [6.07, 6.45) is 4.61. The van der Waals surface area contributed by atoms with Gasteiger partial charge in [0, 0.05) is 11.9 Å². The number of hydrogen-bond donors (Lipinski definition) is 1. The van der Waals surface area contributed by atoms with Crippen LogP contribution in [-0.4, -0.2) is 23.8 Å². The molecule has 1 aliphatic rings. The van der Waals surface area contributed by atoms with Crippen LogP contribution in [0.25, 0.3) is 0 Å². The van der Waals surface area contributed by atoms with Gasteiger partial charge in [-0.05, 0) is 49.7 Å². The first-order chi connectivity index (χ1) is 7.45. The second-order valence-electron chi connectivity index (χ2n) is 4.05. The minimum Gasteiger partial charge on any atom is -0.316 e. The normalized spacial score (nSPS) is 21.5. The number of thioether (sulfide) groups is 1. The van der Waals surface area contributed by atoms with Crippen molar-refractivity contribution in [2.75, 3.05) is 18.8 Å². The predicted molar refractivity (Wildman–Crippen MR) is 66.0 cm³/mol. The Hall–Kier alpha value is -0.540. The third-order valence-electron chi connectivity index (χ3n) is 2.73. The minimum atomic E-state index is 0.868. The summed E-state index contributed by atoms with van der Waals surface area (Å²) in [5.74, 6) is 3.19. The lowest BCUT2D eigenvalue weighted by Gasteiger charge is -2.22. The van der Waals surface area contributed by atoms with E-state index in [1.165, 1.54) is 37.4 Å². The quantitative estimate of drug-likeness (QED) is 0.846. The summed E-state index contributed by atoms with van der Waals surface area (Å²) in [7, 11) is 0. The van der Waals surface area contributed by atoms with Gasteiger partial charge in [0.2, 0.25) is 0 Å². The number of pyridine rings is 1. The van der Waals surface area contributed by atoms with Crippen molar-refractivity contribution in [1.29, 1.82) is 0 Å². The van der Waals surface area contributed by atoms with Crippen molar-refractivity contribution < 1.29 is 0 Å². The summed E-state index contributed by atoms with van der Waals surface area (Å²) < 4.78 is 0. The Morgan fingerprint density at radius 1 is 1.47 bits per heavy atom. The number of rotatable bonds is 4. The Bertz CT molecular complexity index is 270. The van der Waals surface area contributed by atoms with E-state index in [4.69, 9.17) is 0 Å². The molecule has 1 aliphatic heterocycles. The van der Waals surface area contributed by atoms with Crippen molar-refractivity contribution in [2.45, 2.75) is 18.6 Å². The van der Waals surface area contributed by atoms with Crippen LogP contribution in [0.15, 0.2) is 24.4 Å². The topological polar surface area (TPSA) is 24.9 Å². The number of nitrogens with zero attached hydrogens (tertiary/aromatic N) is 1. The third kappa shape index (κ3) is 3.84. The summed E-state index contributed by atoms with van der Waals surface area (Å²) in [6, 6.07) is 6.14. The highest BCUT2D eigenvalue weighted by Gasteiger charge is 2.12. The molecule has 1 fully saturated rings. The minimum absolute atomic E-state index is 0.868. The SMILES string of the molecule is c1ccc(CSCC2CCCNC2)nc1. The number of piperidine rings is 1. The molecule has 0 bridgehead atoms. The van der Waals surface area contributed by atoms with E-state index in [-0.39, 0.29) is 0 Å². The molecule has 2 rings (SSSR count). The average Bonchev–Trinajstić information content (AvgIpc) is 2.32. The van der Waals surface area contributed by atoms with Crippen LogP contribution in [0, 0.1) is 5.92 Å². The van der Waals surface area contributed by atoms with Gasteiger partial charge in [-0.2, -0.15) is 11.8 Å². The van der Waals surface area contributed by atoms with Crippen molar-refractivity contribution in [2.24, 2.45) is 5.92 Å². The van der Waals surface area contributed by atoms with Gasteiger partial charge in [-0.15, -0.1) is 0 Å². The van der Waals surface area contributed by atoms with Crippen LogP contribution < -0.4 is 5.32 Å². The van der Waals surface area contributed by atoms with E-state index in [0.717, 1.165) is 11.7 Å². The highest BCUT2D eigenvalue weighted by atomic mass is 32.2. The standard InChI is InChI=1S/C12H18N2S/c1-2-7-14-12(5-1)10-15-9-11-4-3-6-13-8-11/h1-2,5,7,11,13H,3-4,6,8-10H2. The molecule has 2 heterocycles. The van der Waals surface area contributed by atoms with Gasteiger partial charge in [0.15, 0.2) is 0 Å². The van der Waals surface area contributed by atoms with E-state index in [2.05, 4.69) is 22.4 Å². The summed E-state index contributed by atoms with van der Waals surface area (Å²) >= 11 is 2.01. The van der Waals surface area contributed by atoms with Crippen LogP contribution in [-0.2, 0) is 5.75 Å². The Balaban J connectivity index is 1.66. The zero-order valence-corrected chi connectivity index (χ0v) is 9.80. The second kappa shape index (κ2) is 6.13. The van der Waals surface area contributed by atoms with Crippen LogP contribution in [0.5, 0.6) is 0 Å². The molecule has 1 N–H and O–H groups in total. The summed E-state index contributed by atoms with van der Waals surface area (Å²) in [5.41, 5.74) is 1.20. The molecule has 0 spiro atoms. The Labute approximate surface area is 95.9 Å². The summed E-state index contributed by atoms with van der Waals surface area (Å²) in [4.78, 5) is 4.32. The Kier molecular flexibility index (Phi) is 4.48. The number of hydrogen-bond acceptors (Lipinski definition) is 3. The van der Waals surface area contributed by atoms with E-state index in [9.17, 15) is 0 Å². The lowest BCUT2D eigenvalue weighted by molar-refractivity contribution is 0.410. The molecule has 0 amide bonds. The van der Waals surface area contributed by atoms with E-state index in [1.54, 1.807) is 0 Å². The first-order valence-corrected chi connectivity index (χ1v) is 6.79. The van der Waals surface area contributed by atoms with Gasteiger partial charge in [-0.3, -0.25) is 4.98 Å². The van der Waals surface area contributed by atoms with E-state index in [0.29, 0.717) is 0 Å². The molecule has 0 saturated carbocycles. The van der Waals surface area contributed by atoms with Crippen LogP contribution in [0.4, 0.5) is 0 Å². The van der Waals surface area contributed by atoms with Gasteiger partial charge in [-0.1, -0.05) is 6.07 Å². The van der Waals surface area contributed by atoms with E-state index >= 15 is 0 Å². The zero-order valence-electron chi connectivity index (χ0n) is 8.98. The Morgan fingerprint density at radius 2 is 2.47 bits per heavy atom. The smallest absolute Gasteiger partial charge is 0.0502 e. The van der Waals surface area contributed by atoms with Gasteiger partial charge < -0.3 is 5.32 Å². The first-order valence-electron chi connectivity index (χ1n) is 5.63. The van der Waals surface area contributed by atoms with Crippen molar-refractivity contribution in [3.8, 4) is 0 Å². The van der Waals surface area contributed by atoms with Gasteiger partial charge in [0.25, 0.3) is 0 Å². The summed E-state index contributed by atoms with van der Waals surface area (Å²) in [5, 5.41) is 3.45. The molecular formula is C12H18N2S. The molecule has 0 radical (unpaired) electrons. The molecule has 2 nitrogen and oxygen atoms in total. The highest BCUT2D eigenvalue weighted by molar-refractivity contribution is 7.98. The molecule has 0 aliphatic carbocycles. The fourth-order valence-corrected chi connectivity index (χ4v) is 3.00. The van der Waals surface area contributed by atoms with Gasteiger partial charge in [-0.25, -0.2) is 0 Å². The first kappa shape index (κ1) is 11.0. The molecule has 1 aromatic heterocycles. The van der Waals surface area contributed by atoms with Crippen molar-refractivity contribution in [3.05, 3.63) is 30.1 Å². The molecule has 3 heteroatoms. The molecule has 82 valence electrons. The zero-order chi connectivity index (χ0) is 10.3. The molecule has 15 heavy (non-hydrogen) atoms. The lowest BCUT2D eigenvalue weighted by atomic mass is 10.0. The van der Waals surface area contributed by atoms with Crippen molar-refractivity contribution in [3.63, 3.8) is 0 Å². The van der Waals surface area contributed by atoms with Crippen LogP contribution in [0.1, 0.15) is 18.5 Å².